The molecular weight excluding hydrogens is 482 g/mol. The van der Waals surface area contributed by atoms with Gasteiger partial charge in [-0.25, -0.2) is 9.97 Å². The van der Waals surface area contributed by atoms with Gasteiger partial charge in [-0.05, 0) is 50.5 Å². The van der Waals surface area contributed by atoms with Crippen molar-refractivity contribution in [2.75, 3.05) is 18.0 Å². The highest BCUT2D eigenvalue weighted by atomic mass is 32.2. The number of hydrogen-bond donors (Lipinski definition) is 1. The second-order valence-corrected chi connectivity index (χ2v) is 10.1. The number of benzene rings is 1. The van der Waals surface area contributed by atoms with E-state index in [1.807, 2.05) is 42.5 Å². The number of thioether (sulfide) groups is 1. The standard InChI is InChI=1S/C29H31N5O2S/c1-21-9-6-8-18-34(21)27-19-25(22-10-3-2-4-11-22)32-29(33-27)37-20-24-13-14-26(36-24)28(35)31-17-15-23-12-5-7-16-30-23/h2-5,7,10-14,16,19,21H,6,8-9,15,17-18,20H2,1H3,(H,31,35). The van der Waals surface area contributed by atoms with Crippen molar-refractivity contribution in [1.29, 1.82) is 0 Å². The summed E-state index contributed by atoms with van der Waals surface area (Å²) in [7, 11) is 0. The molecule has 7 nitrogen and oxygen atoms in total. The maximum Gasteiger partial charge on any atom is 0.287 e. The number of anilines is 1. The molecule has 1 unspecified atom stereocenters. The van der Waals surface area contributed by atoms with Crippen molar-refractivity contribution < 1.29 is 9.21 Å². The Hall–Kier alpha value is -3.65. The Balaban J connectivity index is 1.25. The van der Waals surface area contributed by atoms with Crippen LogP contribution in [-0.2, 0) is 12.2 Å². The van der Waals surface area contributed by atoms with Gasteiger partial charge in [0.25, 0.3) is 5.91 Å². The van der Waals surface area contributed by atoms with Gasteiger partial charge < -0.3 is 14.6 Å². The number of aromatic nitrogens is 3. The SMILES string of the molecule is CC1CCCCN1c1cc(-c2ccccc2)nc(SCc2ccc(C(=O)NCCc3ccccn3)o2)n1. The van der Waals surface area contributed by atoms with Crippen LogP contribution in [-0.4, -0.2) is 40.0 Å². The molecule has 1 saturated heterocycles. The van der Waals surface area contributed by atoms with E-state index in [0.717, 1.165) is 29.3 Å². The molecule has 8 heteroatoms. The van der Waals surface area contributed by atoms with Gasteiger partial charge in [-0.1, -0.05) is 48.2 Å². The number of pyridine rings is 1. The van der Waals surface area contributed by atoms with E-state index in [9.17, 15) is 4.79 Å². The highest BCUT2D eigenvalue weighted by Gasteiger charge is 2.21. The van der Waals surface area contributed by atoms with Crippen molar-refractivity contribution in [3.8, 4) is 11.3 Å². The predicted octanol–water partition coefficient (Wildman–Crippen LogP) is 5.78. The zero-order valence-electron chi connectivity index (χ0n) is 21.0. The van der Waals surface area contributed by atoms with Gasteiger partial charge in [0, 0.05) is 49.1 Å². The van der Waals surface area contributed by atoms with Crippen LogP contribution in [0.25, 0.3) is 11.3 Å². The smallest absolute Gasteiger partial charge is 0.287 e. The molecular formula is C29H31N5O2S. The maximum atomic E-state index is 12.5. The molecule has 4 aromatic rings. The van der Waals surface area contributed by atoms with Crippen LogP contribution in [0, 0.1) is 0 Å². The summed E-state index contributed by atoms with van der Waals surface area (Å²) in [6.07, 6.45) is 6.03. The highest BCUT2D eigenvalue weighted by molar-refractivity contribution is 7.98. The third-order valence-electron chi connectivity index (χ3n) is 6.48. The molecule has 3 aromatic heterocycles. The molecule has 37 heavy (non-hydrogen) atoms. The van der Waals surface area contributed by atoms with Crippen LogP contribution in [0.2, 0.25) is 0 Å². The van der Waals surface area contributed by atoms with Crippen molar-refractivity contribution in [3.05, 3.63) is 90.1 Å². The fourth-order valence-corrected chi connectivity index (χ4v) is 5.22. The third-order valence-corrected chi connectivity index (χ3v) is 7.35. The molecule has 0 bridgehead atoms. The van der Waals surface area contributed by atoms with Crippen molar-refractivity contribution in [2.24, 2.45) is 0 Å². The molecule has 1 aliphatic heterocycles. The van der Waals surface area contributed by atoms with E-state index in [-0.39, 0.29) is 5.91 Å². The minimum atomic E-state index is -0.226. The van der Waals surface area contributed by atoms with Crippen molar-refractivity contribution >= 4 is 23.5 Å². The molecule has 0 radical (unpaired) electrons. The quantitative estimate of drug-likeness (QED) is 0.224. The lowest BCUT2D eigenvalue weighted by molar-refractivity contribution is 0.0925. The number of nitrogens with zero attached hydrogens (tertiary/aromatic N) is 4. The van der Waals surface area contributed by atoms with Crippen LogP contribution in [0.4, 0.5) is 5.82 Å². The van der Waals surface area contributed by atoms with E-state index in [4.69, 9.17) is 14.4 Å². The lowest BCUT2D eigenvalue weighted by Gasteiger charge is -2.34. The summed E-state index contributed by atoms with van der Waals surface area (Å²) in [6.45, 7) is 3.77. The first-order valence-corrected chi connectivity index (χ1v) is 13.7. The fourth-order valence-electron chi connectivity index (χ4n) is 4.47. The van der Waals surface area contributed by atoms with E-state index in [1.165, 1.54) is 31.0 Å². The number of furan rings is 1. The van der Waals surface area contributed by atoms with Gasteiger partial charge in [-0.2, -0.15) is 0 Å². The minimum absolute atomic E-state index is 0.226. The van der Waals surface area contributed by atoms with E-state index in [2.05, 4.69) is 40.3 Å². The average Bonchev–Trinajstić information content (AvgIpc) is 3.42. The van der Waals surface area contributed by atoms with Gasteiger partial charge >= 0.3 is 0 Å². The molecule has 4 heterocycles. The van der Waals surface area contributed by atoms with Gasteiger partial charge in [0.15, 0.2) is 10.9 Å². The molecule has 1 atom stereocenters. The van der Waals surface area contributed by atoms with Crippen LogP contribution < -0.4 is 10.2 Å². The van der Waals surface area contributed by atoms with Crippen LogP contribution in [0.3, 0.4) is 0 Å². The summed E-state index contributed by atoms with van der Waals surface area (Å²) in [4.78, 5) is 28.9. The van der Waals surface area contributed by atoms with Crippen LogP contribution in [0.1, 0.15) is 48.2 Å². The van der Waals surface area contributed by atoms with Gasteiger partial charge in [0.05, 0.1) is 11.4 Å². The van der Waals surface area contributed by atoms with Crippen LogP contribution >= 0.6 is 11.8 Å². The molecule has 1 aliphatic rings. The van der Waals surface area contributed by atoms with Crippen LogP contribution in [0.5, 0.6) is 0 Å². The second-order valence-electron chi connectivity index (χ2n) is 9.18. The third kappa shape index (κ3) is 6.57. The molecule has 1 fully saturated rings. The zero-order chi connectivity index (χ0) is 25.5. The number of rotatable bonds is 9. The Morgan fingerprint density at radius 3 is 2.76 bits per heavy atom. The summed E-state index contributed by atoms with van der Waals surface area (Å²) in [5.41, 5.74) is 2.92. The first-order chi connectivity index (χ1) is 18.2. The summed E-state index contributed by atoms with van der Waals surface area (Å²) in [6, 6.07) is 22.1. The number of hydrogen-bond acceptors (Lipinski definition) is 7. The van der Waals surface area contributed by atoms with E-state index < -0.39 is 0 Å². The molecule has 0 saturated carbocycles. The normalized spacial score (nSPS) is 15.5. The Morgan fingerprint density at radius 1 is 1.08 bits per heavy atom. The van der Waals surface area contributed by atoms with E-state index >= 15 is 0 Å². The Kier molecular flexibility index (Phi) is 8.15. The van der Waals surface area contributed by atoms with Crippen molar-refractivity contribution in [3.63, 3.8) is 0 Å². The number of carbonyl (C=O) groups excluding carboxylic acids is 1. The maximum absolute atomic E-state index is 12.5. The largest absolute Gasteiger partial charge is 0.455 e. The monoisotopic (exact) mass is 513 g/mol. The number of nitrogens with one attached hydrogen (secondary N) is 1. The second kappa shape index (κ2) is 12.1. The molecule has 190 valence electrons. The molecule has 0 spiro atoms. The van der Waals surface area contributed by atoms with Crippen molar-refractivity contribution in [2.45, 2.75) is 49.6 Å². The first-order valence-electron chi connectivity index (χ1n) is 12.8. The average molecular weight is 514 g/mol. The number of piperidine rings is 1. The Bertz CT molecular complexity index is 1310. The predicted molar refractivity (Wildman–Crippen MR) is 147 cm³/mol. The molecule has 0 aliphatic carbocycles. The van der Waals surface area contributed by atoms with E-state index in [0.29, 0.717) is 41.4 Å². The summed E-state index contributed by atoms with van der Waals surface area (Å²) in [5.74, 6) is 2.29. The lowest BCUT2D eigenvalue weighted by Crippen LogP contribution is -2.38. The van der Waals surface area contributed by atoms with Gasteiger partial charge in [0.1, 0.15) is 11.6 Å². The van der Waals surface area contributed by atoms with E-state index in [1.54, 1.807) is 12.3 Å². The van der Waals surface area contributed by atoms with Gasteiger partial charge in [-0.15, -0.1) is 0 Å². The van der Waals surface area contributed by atoms with Crippen LogP contribution in [0.15, 0.2) is 82.5 Å². The lowest BCUT2D eigenvalue weighted by atomic mass is 10.0. The molecule has 5 rings (SSSR count). The zero-order valence-corrected chi connectivity index (χ0v) is 21.8. The Labute approximate surface area is 221 Å². The highest BCUT2D eigenvalue weighted by Crippen LogP contribution is 2.30. The number of carbonyl (C=O) groups is 1. The summed E-state index contributed by atoms with van der Waals surface area (Å²) < 4.78 is 5.83. The topological polar surface area (TPSA) is 84.2 Å². The summed E-state index contributed by atoms with van der Waals surface area (Å²) in [5, 5.41) is 3.60. The Morgan fingerprint density at radius 2 is 1.95 bits per heavy atom. The molecule has 1 amide bonds. The van der Waals surface area contributed by atoms with Crippen molar-refractivity contribution in [1.82, 2.24) is 20.3 Å². The van der Waals surface area contributed by atoms with Gasteiger partial charge in [-0.3, -0.25) is 9.78 Å². The number of amides is 1. The molecule has 1 aromatic carbocycles. The first kappa shape index (κ1) is 25.0. The molecule has 1 N–H and O–H groups in total. The fraction of sp³-hybridized carbons (Fsp3) is 0.310. The minimum Gasteiger partial charge on any atom is -0.455 e. The summed E-state index contributed by atoms with van der Waals surface area (Å²) >= 11 is 1.52. The van der Waals surface area contributed by atoms with Gasteiger partial charge in [0.2, 0.25) is 0 Å².